The standard InChI is InChI=1S/C26H21ClN2O6/c1-2-34-23-14-16(7-12-22(23)35-15-17-5-3-4-6-21(17)27)13-20-24(31)28-26(33)29(25(20)32)18-8-10-19(30)11-9-18/h3-14,30H,2,15H2,1H3,(H,28,31,33)/b20-13-. The Kier molecular flexibility index (Phi) is 7.03. The van der Waals surface area contributed by atoms with Gasteiger partial charge in [-0.1, -0.05) is 35.9 Å². The van der Waals surface area contributed by atoms with Crippen molar-refractivity contribution in [1.82, 2.24) is 5.32 Å². The fraction of sp³-hybridized carbons (Fsp3) is 0.115. The molecule has 8 nitrogen and oxygen atoms in total. The number of amides is 4. The number of anilines is 1. The number of carbonyl (C=O) groups excluding carboxylic acids is 3. The summed E-state index contributed by atoms with van der Waals surface area (Å²) in [7, 11) is 0. The molecular weight excluding hydrogens is 472 g/mol. The maximum absolute atomic E-state index is 13.0. The van der Waals surface area contributed by atoms with E-state index in [2.05, 4.69) is 5.32 Å². The van der Waals surface area contributed by atoms with E-state index < -0.39 is 17.8 Å². The Balaban J connectivity index is 1.61. The average molecular weight is 493 g/mol. The highest BCUT2D eigenvalue weighted by Crippen LogP contribution is 2.31. The number of aromatic hydroxyl groups is 1. The van der Waals surface area contributed by atoms with Crippen molar-refractivity contribution in [3.8, 4) is 17.2 Å². The summed E-state index contributed by atoms with van der Waals surface area (Å²) in [5.41, 5.74) is 1.29. The zero-order valence-electron chi connectivity index (χ0n) is 18.7. The molecule has 35 heavy (non-hydrogen) atoms. The molecule has 4 amide bonds. The average Bonchev–Trinajstić information content (AvgIpc) is 2.83. The molecule has 1 aliphatic heterocycles. The third-order valence-corrected chi connectivity index (χ3v) is 5.50. The predicted molar refractivity (Wildman–Crippen MR) is 131 cm³/mol. The van der Waals surface area contributed by atoms with E-state index in [9.17, 15) is 19.5 Å². The van der Waals surface area contributed by atoms with E-state index in [4.69, 9.17) is 21.1 Å². The van der Waals surface area contributed by atoms with Crippen LogP contribution in [-0.4, -0.2) is 29.6 Å². The molecule has 1 fully saturated rings. The molecule has 0 atom stereocenters. The van der Waals surface area contributed by atoms with Crippen molar-refractivity contribution in [1.29, 1.82) is 0 Å². The fourth-order valence-electron chi connectivity index (χ4n) is 3.43. The lowest BCUT2D eigenvalue weighted by molar-refractivity contribution is -0.122. The van der Waals surface area contributed by atoms with Gasteiger partial charge in [-0.2, -0.15) is 0 Å². The quantitative estimate of drug-likeness (QED) is 0.366. The topological polar surface area (TPSA) is 105 Å². The molecule has 1 aliphatic rings. The van der Waals surface area contributed by atoms with Crippen LogP contribution in [0.3, 0.4) is 0 Å². The number of halogens is 1. The van der Waals surface area contributed by atoms with Crippen LogP contribution in [0.2, 0.25) is 5.02 Å². The molecule has 1 heterocycles. The second kappa shape index (κ2) is 10.3. The summed E-state index contributed by atoms with van der Waals surface area (Å²) >= 11 is 6.20. The number of imide groups is 2. The molecule has 0 saturated carbocycles. The maximum atomic E-state index is 13.0. The van der Waals surface area contributed by atoms with Crippen molar-refractivity contribution in [3.63, 3.8) is 0 Å². The molecular formula is C26H21ClN2O6. The smallest absolute Gasteiger partial charge is 0.335 e. The highest BCUT2D eigenvalue weighted by atomic mass is 35.5. The SMILES string of the molecule is CCOc1cc(/C=C2/C(=O)NC(=O)N(c3ccc(O)cc3)C2=O)ccc1OCc1ccccc1Cl. The summed E-state index contributed by atoms with van der Waals surface area (Å²) in [6, 6.07) is 16.9. The monoisotopic (exact) mass is 492 g/mol. The van der Waals surface area contributed by atoms with Gasteiger partial charge in [0.05, 0.1) is 12.3 Å². The Morgan fingerprint density at radius 1 is 0.971 bits per heavy atom. The Morgan fingerprint density at radius 3 is 2.43 bits per heavy atom. The van der Waals surface area contributed by atoms with Gasteiger partial charge >= 0.3 is 6.03 Å². The molecule has 1 saturated heterocycles. The second-order valence-electron chi connectivity index (χ2n) is 7.49. The highest BCUT2D eigenvalue weighted by molar-refractivity contribution is 6.39. The van der Waals surface area contributed by atoms with Crippen LogP contribution < -0.4 is 19.7 Å². The van der Waals surface area contributed by atoms with Crippen molar-refractivity contribution in [2.75, 3.05) is 11.5 Å². The Labute approximate surface area is 206 Å². The first-order chi connectivity index (χ1) is 16.9. The summed E-state index contributed by atoms with van der Waals surface area (Å²) < 4.78 is 11.6. The minimum Gasteiger partial charge on any atom is -0.508 e. The van der Waals surface area contributed by atoms with Crippen LogP contribution in [0.15, 0.2) is 72.3 Å². The molecule has 9 heteroatoms. The van der Waals surface area contributed by atoms with Crippen LogP contribution in [0.5, 0.6) is 17.2 Å². The first-order valence-electron chi connectivity index (χ1n) is 10.7. The van der Waals surface area contributed by atoms with Gasteiger partial charge in [0.25, 0.3) is 11.8 Å². The van der Waals surface area contributed by atoms with E-state index in [1.807, 2.05) is 25.1 Å². The van der Waals surface area contributed by atoms with Gasteiger partial charge in [0.2, 0.25) is 0 Å². The highest BCUT2D eigenvalue weighted by Gasteiger charge is 2.36. The second-order valence-corrected chi connectivity index (χ2v) is 7.90. The van der Waals surface area contributed by atoms with Gasteiger partial charge in [0.15, 0.2) is 11.5 Å². The van der Waals surface area contributed by atoms with Gasteiger partial charge in [-0.15, -0.1) is 0 Å². The largest absolute Gasteiger partial charge is 0.508 e. The van der Waals surface area contributed by atoms with Gasteiger partial charge < -0.3 is 14.6 Å². The first-order valence-corrected chi connectivity index (χ1v) is 11.1. The number of nitrogens with zero attached hydrogens (tertiary/aromatic N) is 1. The molecule has 2 N–H and O–H groups in total. The van der Waals surface area contributed by atoms with Crippen molar-refractivity contribution < 1.29 is 29.0 Å². The van der Waals surface area contributed by atoms with Gasteiger partial charge in [-0.05, 0) is 61.0 Å². The molecule has 0 bridgehead atoms. The van der Waals surface area contributed by atoms with Crippen LogP contribution in [-0.2, 0) is 16.2 Å². The number of urea groups is 1. The number of carbonyl (C=O) groups is 3. The number of rotatable bonds is 7. The third-order valence-electron chi connectivity index (χ3n) is 5.13. The third kappa shape index (κ3) is 5.28. The van der Waals surface area contributed by atoms with E-state index in [0.717, 1.165) is 10.5 Å². The molecule has 0 aromatic heterocycles. The predicted octanol–water partition coefficient (Wildman–Crippen LogP) is 4.69. The summed E-state index contributed by atoms with van der Waals surface area (Å²) in [4.78, 5) is 38.7. The van der Waals surface area contributed by atoms with Crippen molar-refractivity contribution >= 4 is 41.2 Å². The Hall–Kier alpha value is -4.30. The molecule has 0 aliphatic carbocycles. The minimum absolute atomic E-state index is 0.0224. The van der Waals surface area contributed by atoms with Crippen molar-refractivity contribution in [2.24, 2.45) is 0 Å². The van der Waals surface area contributed by atoms with Gasteiger partial charge in [-0.3, -0.25) is 14.9 Å². The normalized spacial score (nSPS) is 14.7. The lowest BCUT2D eigenvalue weighted by Gasteiger charge is -2.26. The number of ether oxygens (including phenoxy) is 2. The zero-order valence-corrected chi connectivity index (χ0v) is 19.4. The van der Waals surface area contributed by atoms with Crippen LogP contribution in [0.4, 0.5) is 10.5 Å². The Morgan fingerprint density at radius 2 is 1.71 bits per heavy atom. The van der Waals surface area contributed by atoms with Crippen molar-refractivity contribution in [2.45, 2.75) is 13.5 Å². The number of hydrogen-bond acceptors (Lipinski definition) is 6. The number of hydrogen-bond donors (Lipinski definition) is 2. The van der Waals surface area contributed by atoms with E-state index in [0.29, 0.717) is 28.7 Å². The molecule has 3 aromatic carbocycles. The summed E-state index contributed by atoms with van der Waals surface area (Å²) in [5, 5.41) is 12.2. The fourth-order valence-corrected chi connectivity index (χ4v) is 3.62. The molecule has 3 aromatic rings. The van der Waals surface area contributed by atoms with Crippen molar-refractivity contribution in [3.05, 3.63) is 88.5 Å². The lowest BCUT2D eigenvalue weighted by Crippen LogP contribution is -2.54. The van der Waals surface area contributed by atoms with E-state index in [1.165, 1.54) is 30.3 Å². The van der Waals surface area contributed by atoms with E-state index in [1.54, 1.807) is 24.3 Å². The Bertz CT molecular complexity index is 1320. The number of benzene rings is 3. The molecule has 4 rings (SSSR count). The molecule has 0 unspecified atom stereocenters. The van der Waals surface area contributed by atoms with Crippen LogP contribution in [0.25, 0.3) is 6.08 Å². The molecule has 178 valence electrons. The summed E-state index contributed by atoms with van der Waals surface area (Å²) in [5.74, 6) is -0.738. The number of phenols is 1. The molecule has 0 spiro atoms. The zero-order chi connectivity index (χ0) is 24.9. The number of phenolic OH excluding ortho intramolecular Hbond substituents is 1. The van der Waals surface area contributed by atoms with Gasteiger partial charge in [-0.25, -0.2) is 9.69 Å². The van der Waals surface area contributed by atoms with Crippen LogP contribution >= 0.6 is 11.6 Å². The number of barbiturate groups is 1. The summed E-state index contributed by atoms with van der Waals surface area (Å²) in [6.45, 7) is 2.41. The maximum Gasteiger partial charge on any atom is 0.335 e. The van der Waals surface area contributed by atoms with Gasteiger partial charge in [0.1, 0.15) is 17.9 Å². The van der Waals surface area contributed by atoms with Crippen LogP contribution in [0.1, 0.15) is 18.1 Å². The van der Waals surface area contributed by atoms with E-state index in [-0.39, 0.29) is 23.6 Å². The summed E-state index contributed by atoms with van der Waals surface area (Å²) in [6.07, 6.45) is 1.37. The van der Waals surface area contributed by atoms with Gasteiger partial charge in [0, 0.05) is 10.6 Å². The molecule has 0 radical (unpaired) electrons. The first kappa shape index (κ1) is 23.8. The van der Waals surface area contributed by atoms with E-state index >= 15 is 0 Å². The van der Waals surface area contributed by atoms with Crippen LogP contribution in [0, 0.1) is 0 Å². The lowest BCUT2D eigenvalue weighted by atomic mass is 10.1. The minimum atomic E-state index is -0.874. The number of nitrogens with one attached hydrogen (secondary N) is 1.